The Balaban J connectivity index is 1.74. The first-order valence-electron chi connectivity index (χ1n) is 7.55. The van der Waals surface area contributed by atoms with Gasteiger partial charge in [-0.3, -0.25) is 0 Å². The lowest BCUT2D eigenvalue weighted by Gasteiger charge is -2.15. The first kappa shape index (κ1) is 14.7. The van der Waals surface area contributed by atoms with Crippen molar-refractivity contribution in [1.29, 1.82) is 5.26 Å². The van der Waals surface area contributed by atoms with Crippen LogP contribution in [0.3, 0.4) is 0 Å². The van der Waals surface area contributed by atoms with Crippen molar-refractivity contribution >= 4 is 0 Å². The summed E-state index contributed by atoms with van der Waals surface area (Å²) < 4.78 is 14.8. The molecule has 0 unspecified atom stereocenters. The summed E-state index contributed by atoms with van der Waals surface area (Å²) in [6, 6.07) is 8.41. The van der Waals surface area contributed by atoms with E-state index in [2.05, 4.69) is 21.3 Å². The molecule has 1 fully saturated rings. The van der Waals surface area contributed by atoms with Gasteiger partial charge in [-0.25, -0.2) is 9.07 Å². The van der Waals surface area contributed by atoms with Gasteiger partial charge < -0.3 is 4.90 Å². The minimum absolute atomic E-state index is 0.259. The number of halogens is 1. The molecule has 2 aromatic rings. The molecule has 22 heavy (non-hydrogen) atoms. The van der Waals surface area contributed by atoms with E-state index in [0.29, 0.717) is 12.1 Å². The van der Waals surface area contributed by atoms with E-state index in [-0.39, 0.29) is 5.82 Å². The predicted molar refractivity (Wildman–Crippen MR) is 79.6 cm³/mol. The van der Waals surface area contributed by atoms with Crippen LogP contribution in [0.15, 0.2) is 24.3 Å². The minimum Gasteiger partial charge on any atom is -0.301 e. The standard InChI is InChI=1S/C16H18FN5/c17-14-5-3-13(4-6-14)11-16-15(12-18)19-20-22(16)10-9-21-7-1-2-8-21/h3-6H,1-2,7-11H2. The SMILES string of the molecule is N#Cc1nnn(CCN2CCCC2)c1Cc1ccc(F)cc1. The van der Waals surface area contributed by atoms with Gasteiger partial charge in [0.05, 0.1) is 12.2 Å². The number of rotatable bonds is 5. The zero-order valence-corrected chi connectivity index (χ0v) is 12.4. The topological polar surface area (TPSA) is 57.7 Å². The molecule has 1 saturated heterocycles. The Morgan fingerprint density at radius 2 is 1.86 bits per heavy atom. The van der Waals surface area contributed by atoms with Gasteiger partial charge in [-0.2, -0.15) is 5.26 Å². The largest absolute Gasteiger partial charge is 0.301 e. The Bertz CT molecular complexity index is 665. The third kappa shape index (κ3) is 3.31. The van der Waals surface area contributed by atoms with E-state index < -0.39 is 0 Å². The van der Waals surface area contributed by atoms with Crippen LogP contribution < -0.4 is 0 Å². The second-order valence-corrected chi connectivity index (χ2v) is 5.57. The van der Waals surface area contributed by atoms with Crippen LogP contribution in [-0.4, -0.2) is 39.5 Å². The highest BCUT2D eigenvalue weighted by Crippen LogP contribution is 2.14. The number of hydrogen-bond donors (Lipinski definition) is 0. The summed E-state index contributed by atoms with van der Waals surface area (Å²) in [5.74, 6) is -0.259. The maximum Gasteiger partial charge on any atom is 0.186 e. The minimum atomic E-state index is -0.259. The van der Waals surface area contributed by atoms with Crippen LogP contribution in [0, 0.1) is 17.1 Å². The van der Waals surface area contributed by atoms with E-state index >= 15 is 0 Å². The first-order valence-corrected chi connectivity index (χ1v) is 7.55. The second-order valence-electron chi connectivity index (χ2n) is 5.57. The van der Waals surface area contributed by atoms with Gasteiger partial charge in [-0.1, -0.05) is 17.3 Å². The average molecular weight is 299 g/mol. The normalized spacial score (nSPS) is 15.1. The average Bonchev–Trinajstić information content (AvgIpc) is 3.17. The lowest BCUT2D eigenvalue weighted by atomic mass is 10.1. The van der Waals surface area contributed by atoms with Gasteiger partial charge in [0, 0.05) is 13.0 Å². The molecule has 0 amide bonds. The molecule has 0 atom stereocenters. The molecule has 2 heterocycles. The molecule has 0 radical (unpaired) electrons. The van der Waals surface area contributed by atoms with E-state index in [9.17, 15) is 9.65 Å². The molecule has 6 heteroatoms. The van der Waals surface area contributed by atoms with Gasteiger partial charge in [-0.05, 0) is 43.6 Å². The number of nitrogens with zero attached hydrogens (tertiary/aromatic N) is 5. The molecular formula is C16H18FN5. The molecule has 1 aliphatic heterocycles. The van der Waals surface area contributed by atoms with Crippen LogP contribution in [0.2, 0.25) is 0 Å². The van der Waals surface area contributed by atoms with E-state index in [1.807, 2.05) is 0 Å². The third-order valence-corrected chi connectivity index (χ3v) is 4.06. The highest BCUT2D eigenvalue weighted by molar-refractivity contribution is 5.30. The zero-order chi connectivity index (χ0) is 15.4. The van der Waals surface area contributed by atoms with Crippen molar-refractivity contribution < 1.29 is 4.39 Å². The molecule has 0 spiro atoms. The van der Waals surface area contributed by atoms with Crippen molar-refractivity contribution in [3.8, 4) is 6.07 Å². The smallest absolute Gasteiger partial charge is 0.186 e. The van der Waals surface area contributed by atoms with Gasteiger partial charge in [0.25, 0.3) is 0 Å². The quantitative estimate of drug-likeness (QED) is 0.847. The van der Waals surface area contributed by atoms with Crippen LogP contribution >= 0.6 is 0 Å². The molecule has 114 valence electrons. The van der Waals surface area contributed by atoms with Gasteiger partial charge in [0.2, 0.25) is 0 Å². The van der Waals surface area contributed by atoms with Crippen LogP contribution in [-0.2, 0) is 13.0 Å². The molecular weight excluding hydrogens is 281 g/mol. The molecule has 1 aromatic heterocycles. The fourth-order valence-corrected chi connectivity index (χ4v) is 2.81. The molecule has 0 bridgehead atoms. The highest BCUT2D eigenvalue weighted by Gasteiger charge is 2.16. The van der Waals surface area contributed by atoms with E-state index in [1.54, 1.807) is 16.8 Å². The van der Waals surface area contributed by atoms with E-state index in [0.717, 1.165) is 37.4 Å². The Morgan fingerprint density at radius 3 is 2.55 bits per heavy atom. The zero-order valence-electron chi connectivity index (χ0n) is 12.4. The van der Waals surface area contributed by atoms with Crippen molar-refractivity contribution in [2.24, 2.45) is 0 Å². The summed E-state index contributed by atoms with van der Waals surface area (Å²) in [6.07, 6.45) is 3.04. The summed E-state index contributed by atoms with van der Waals surface area (Å²) >= 11 is 0. The summed E-state index contributed by atoms with van der Waals surface area (Å²) in [5.41, 5.74) is 2.10. The van der Waals surface area contributed by atoms with Crippen molar-refractivity contribution in [1.82, 2.24) is 19.9 Å². The second kappa shape index (κ2) is 6.67. The van der Waals surface area contributed by atoms with Crippen LogP contribution in [0.5, 0.6) is 0 Å². The monoisotopic (exact) mass is 299 g/mol. The highest BCUT2D eigenvalue weighted by atomic mass is 19.1. The number of benzene rings is 1. The Labute approximate surface area is 129 Å². The lowest BCUT2D eigenvalue weighted by molar-refractivity contribution is 0.312. The van der Waals surface area contributed by atoms with E-state index in [1.165, 1.54) is 25.0 Å². The van der Waals surface area contributed by atoms with Gasteiger partial charge in [-0.15, -0.1) is 5.10 Å². The van der Waals surface area contributed by atoms with Crippen molar-refractivity contribution in [3.05, 3.63) is 47.0 Å². The maximum atomic E-state index is 13.0. The molecule has 1 aromatic carbocycles. The molecule has 1 aliphatic rings. The molecule has 0 N–H and O–H groups in total. The number of aromatic nitrogens is 3. The molecule has 3 rings (SSSR count). The predicted octanol–water partition coefficient (Wildman–Crippen LogP) is 1.98. The van der Waals surface area contributed by atoms with Gasteiger partial charge in [0.15, 0.2) is 5.69 Å². The summed E-state index contributed by atoms with van der Waals surface area (Å²) in [4.78, 5) is 2.40. The van der Waals surface area contributed by atoms with Crippen LogP contribution in [0.1, 0.15) is 29.8 Å². The Morgan fingerprint density at radius 1 is 1.14 bits per heavy atom. The maximum absolute atomic E-state index is 13.0. The molecule has 5 nitrogen and oxygen atoms in total. The summed E-state index contributed by atoms with van der Waals surface area (Å²) in [7, 11) is 0. The van der Waals surface area contributed by atoms with Gasteiger partial charge in [0.1, 0.15) is 11.9 Å². The Kier molecular flexibility index (Phi) is 4.45. The number of nitriles is 1. The summed E-state index contributed by atoms with van der Waals surface area (Å²) in [5, 5.41) is 17.3. The first-order chi connectivity index (χ1) is 10.8. The Hall–Kier alpha value is -2.26. The fourth-order valence-electron chi connectivity index (χ4n) is 2.81. The fraction of sp³-hybridized carbons (Fsp3) is 0.438. The van der Waals surface area contributed by atoms with E-state index in [4.69, 9.17) is 0 Å². The number of likely N-dealkylation sites (tertiary alicyclic amines) is 1. The van der Waals surface area contributed by atoms with Crippen molar-refractivity contribution in [2.75, 3.05) is 19.6 Å². The van der Waals surface area contributed by atoms with Crippen molar-refractivity contribution in [3.63, 3.8) is 0 Å². The van der Waals surface area contributed by atoms with Crippen LogP contribution in [0.4, 0.5) is 4.39 Å². The van der Waals surface area contributed by atoms with Crippen molar-refractivity contribution in [2.45, 2.75) is 25.8 Å². The third-order valence-electron chi connectivity index (χ3n) is 4.06. The molecule has 0 aliphatic carbocycles. The lowest BCUT2D eigenvalue weighted by Crippen LogP contribution is -2.25. The summed E-state index contributed by atoms with van der Waals surface area (Å²) in [6.45, 7) is 3.91. The number of hydrogen-bond acceptors (Lipinski definition) is 4. The van der Waals surface area contributed by atoms with Gasteiger partial charge >= 0.3 is 0 Å². The molecule has 0 saturated carbocycles. The van der Waals surface area contributed by atoms with Crippen LogP contribution in [0.25, 0.3) is 0 Å².